The molecule has 5 aromatic rings. The van der Waals surface area contributed by atoms with E-state index in [4.69, 9.17) is 0 Å². The Bertz CT molecular complexity index is 1760. The summed E-state index contributed by atoms with van der Waals surface area (Å²) >= 11 is 0. The molecule has 0 spiro atoms. The molecular weight excluding hydrogens is 424 g/mol. The van der Waals surface area contributed by atoms with Crippen LogP contribution in [0, 0.1) is 0 Å². The molecular formula is C33H22N2. The lowest BCUT2D eigenvalue weighted by atomic mass is 9.84. The quantitative estimate of drug-likeness (QED) is 0.240. The number of benzene rings is 4. The molecule has 4 aliphatic rings. The molecule has 0 amide bonds. The summed E-state index contributed by atoms with van der Waals surface area (Å²) in [6.45, 7) is 0. The van der Waals surface area contributed by atoms with Gasteiger partial charge in [-0.3, -0.25) is 4.98 Å². The molecule has 164 valence electrons. The largest absolute Gasteiger partial charge is 0.309 e. The Hall–Kier alpha value is -4.17. The predicted octanol–water partition coefficient (Wildman–Crippen LogP) is 7.50. The normalized spacial score (nSPS) is 14.9. The summed E-state index contributed by atoms with van der Waals surface area (Å²) < 4.78 is 0. The average molecular weight is 447 g/mol. The molecule has 2 nitrogen and oxygen atoms in total. The van der Waals surface area contributed by atoms with Crippen LogP contribution in [0.1, 0.15) is 44.5 Å². The van der Waals surface area contributed by atoms with Gasteiger partial charge in [-0.1, -0.05) is 48.5 Å². The van der Waals surface area contributed by atoms with Crippen LogP contribution < -0.4 is 4.90 Å². The van der Waals surface area contributed by atoms with Crippen molar-refractivity contribution < 1.29 is 0 Å². The smallest absolute Gasteiger partial charge is 0.0532 e. The van der Waals surface area contributed by atoms with Gasteiger partial charge in [0.1, 0.15) is 0 Å². The Morgan fingerprint density at radius 2 is 1.31 bits per heavy atom. The number of anilines is 3. The first-order valence-electron chi connectivity index (χ1n) is 12.6. The average Bonchev–Trinajstić information content (AvgIpc) is 3.44. The van der Waals surface area contributed by atoms with Gasteiger partial charge in [0, 0.05) is 25.2 Å². The van der Waals surface area contributed by atoms with E-state index in [2.05, 4.69) is 82.7 Å². The number of pyridine rings is 1. The van der Waals surface area contributed by atoms with Crippen LogP contribution in [-0.2, 0) is 25.7 Å². The molecule has 9 rings (SSSR count). The Balaban J connectivity index is 1.28. The maximum atomic E-state index is 4.45. The zero-order valence-corrected chi connectivity index (χ0v) is 19.3. The van der Waals surface area contributed by atoms with Crippen molar-refractivity contribution in [3.8, 4) is 22.3 Å². The minimum absolute atomic E-state index is 0.957. The molecule has 0 fully saturated rings. The zero-order valence-electron chi connectivity index (χ0n) is 19.3. The topological polar surface area (TPSA) is 16.1 Å². The third kappa shape index (κ3) is 2.27. The summed E-state index contributed by atoms with van der Waals surface area (Å²) in [6, 6.07) is 27.7. The van der Waals surface area contributed by atoms with Crippen LogP contribution in [0.2, 0.25) is 0 Å². The van der Waals surface area contributed by atoms with Gasteiger partial charge in [0.2, 0.25) is 0 Å². The molecule has 0 bridgehead atoms. The van der Waals surface area contributed by atoms with Gasteiger partial charge >= 0.3 is 0 Å². The first-order valence-corrected chi connectivity index (χ1v) is 12.6. The van der Waals surface area contributed by atoms with Gasteiger partial charge in [-0.05, 0) is 104 Å². The number of rotatable bonds is 0. The first kappa shape index (κ1) is 18.2. The molecule has 1 aromatic heterocycles. The van der Waals surface area contributed by atoms with Crippen LogP contribution in [0.3, 0.4) is 0 Å². The highest BCUT2D eigenvalue weighted by Crippen LogP contribution is 2.54. The SMILES string of the molecule is c1ccc2c(c1)Cc1cc3c(cc1-2)Cc1ccc2c(c1-3)Cc1cccc3c1N2c1ccncc1C3. The summed E-state index contributed by atoms with van der Waals surface area (Å²) in [6.07, 6.45) is 8.00. The van der Waals surface area contributed by atoms with Crippen LogP contribution in [0.5, 0.6) is 0 Å². The zero-order chi connectivity index (χ0) is 22.7. The Morgan fingerprint density at radius 3 is 2.29 bits per heavy atom. The molecule has 2 aliphatic carbocycles. The van der Waals surface area contributed by atoms with E-state index in [1.165, 1.54) is 83.8 Å². The maximum absolute atomic E-state index is 4.45. The van der Waals surface area contributed by atoms with Gasteiger partial charge in [-0.25, -0.2) is 0 Å². The Labute approximate surface area is 204 Å². The van der Waals surface area contributed by atoms with E-state index in [-0.39, 0.29) is 0 Å². The molecule has 35 heavy (non-hydrogen) atoms. The monoisotopic (exact) mass is 446 g/mol. The summed E-state index contributed by atoms with van der Waals surface area (Å²) in [5, 5.41) is 0. The van der Waals surface area contributed by atoms with E-state index in [0.717, 1.165) is 25.7 Å². The number of nitrogens with zero attached hydrogens (tertiary/aromatic N) is 2. The summed E-state index contributed by atoms with van der Waals surface area (Å²) in [5.41, 5.74) is 21.3. The molecule has 0 unspecified atom stereocenters. The molecule has 4 aromatic carbocycles. The fourth-order valence-electron chi connectivity index (χ4n) is 7.13. The lowest BCUT2D eigenvalue weighted by molar-refractivity contribution is 1.000. The van der Waals surface area contributed by atoms with Crippen LogP contribution in [-0.4, -0.2) is 4.98 Å². The van der Waals surface area contributed by atoms with Crippen molar-refractivity contribution in [2.45, 2.75) is 25.7 Å². The van der Waals surface area contributed by atoms with E-state index >= 15 is 0 Å². The van der Waals surface area contributed by atoms with Crippen LogP contribution in [0.4, 0.5) is 17.1 Å². The van der Waals surface area contributed by atoms with Crippen LogP contribution in [0.15, 0.2) is 85.2 Å². The van der Waals surface area contributed by atoms with Gasteiger partial charge in [-0.15, -0.1) is 0 Å². The molecule has 0 atom stereocenters. The van der Waals surface area contributed by atoms with Gasteiger partial charge in [-0.2, -0.15) is 0 Å². The van der Waals surface area contributed by atoms with E-state index in [1.807, 2.05) is 12.4 Å². The van der Waals surface area contributed by atoms with E-state index < -0.39 is 0 Å². The molecule has 0 radical (unpaired) electrons. The third-order valence-electron chi connectivity index (χ3n) is 8.58. The van der Waals surface area contributed by atoms with Crippen molar-refractivity contribution in [1.29, 1.82) is 0 Å². The molecule has 3 heterocycles. The van der Waals surface area contributed by atoms with Crippen molar-refractivity contribution in [2.24, 2.45) is 0 Å². The van der Waals surface area contributed by atoms with E-state index in [9.17, 15) is 0 Å². The number of aromatic nitrogens is 1. The Kier molecular flexibility index (Phi) is 3.27. The predicted molar refractivity (Wildman–Crippen MR) is 141 cm³/mol. The minimum Gasteiger partial charge on any atom is -0.309 e. The van der Waals surface area contributed by atoms with Crippen molar-refractivity contribution >= 4 is 17.1 Å². The molecule has 2 aliphatic heterocycles. The summed E-state index contributed by atoms with van der Waals surface area (Å²) in [5.74, 6) is 0. The number of hydrogen-bond donors (Lipinski definition) is 0. The van der Waals surface area contributed by atoms with E-state index in [1.54, 1.807) is 0 Å². The first-order chi connectivity index (χ1) is 17.3. The van der Waals surface area contributed by atoms with Gasteiger partial charge in [0.25, 0.3) is 0 Å². The summed E-state index contributed by atoms with van der Waals surface area (Å²) in [7, 11) is 0. The van der Waals surface area contributed by atoms with Crippen molar-refractivity contribution in [3.05, 3.63) is 130 Å². The van der Waals surface area contributed by atoms with Gasteiger partial charge < -0.3 is 4.90 Å². The molecule has 0 N–H and O–H groups in total. The molecule has 2 heteroatoms. The molecule has 0 saturated carbocycles. The van der Waals surface area contributed by atoms with Crippen LogP contribution >= 0.6 is 0 Å². The maximum Gasteiger partial charge on any atom is 0.0532 e. The fourth-order valence-corrected chi connectivity index (χ4v) is 7.13. The number of fused-ring (bicyclic) bond motifs is 11. The molecule has 0 saturated heterocycles. The minimum atomic E-state index is 0.957. The van der Waals surface area contributed by atoms with Gasteiger partial charge in [0.05, 0.1) is 17.1 Å². The van der Waals surface area contributed by atoms with Crippen molar-refractivity contribution in [3.63, 3.8) is 0 Å². The second-order valence-electron chi connectivity index (χ2n) is 10.4. The third-order valence-corrected chi connectivity index (χ3v) is 8.58. The van der Waals surface area contributed by atoms with Crippen LogP contribution in [0.25, 0.3) is 22.3 Å². The fraction of sp³-hybridized carbons (Fsp3) is 0.121. The second-order valence-corrected chi connectivity index (χ2v) is 10.4. The lowest BCUT2D eigenvalue weighted by Gasteiger charge is -2.40. The lowest BCUT2D eigenvalue weighted by Crippen LogP contribution is -2.25. The Morgan fingerprint density at radius 1 is 0.543 bits per heavy atom. The van der Waals surface area contributed by atoms with Gasteiger partial charge in [0.15, 0.2) is 0 Å². The highest BCUT2D eigenvalue weighted by atomic mass is 15.2. The summed E-state index contributed by atoms with van der Waals surface area (Å²) in [4.78, 5) is 6.97. The van der Waals surface area contributed by atoms with E-state index in [0.29, 0.717) is 0 Å². The standard InChI is InChI=1S/C33H22N2/c1-2-7-26-19(4-1)12-23-17-28-24(16-27(23)26)13-20-8-9-31-29(32(20)28)15-22-6-3-5-21-14-25-18-34-11-10-30(25)35(31)33(21)22/h1-11,16-18H,12-15H2. The van der Waals surface area contributed by atoms with Crippen molar-refractivity contribution in [2.75, 3.05) is 4.90 Å². The highest BCUT2D eigenvalue weighted by Gasteiger charge is 2.35. The second kappa shape index (κ2) is 6.28. The highest BCUT2D eigenvalue weighted by molar-refractivity contribution is 5.95. The van der Waals surface area contributed by atoms with Crippen molar-refractivity contribution in [1.82, 2.24) is 4.98 Å². The number of para-hydroxylation sites is 1. The number of hydrogen-bond acceptors (Lipinski definition) is 2.